The topological polar surface area (TPSA) is 85.6 Å². The largest absolute Gasteiger partial charge is 0.359 e. The van der Waals surface area contributed by atoms with Gasteiger partial charge in [0.05, 0.1) is 11.1 Å². The number of pyridine rings is 1. The summed E-state index contributed by atoms with van der Waals surface area (Å²) in [6.45, 7) is 0. The number of hydrogen-bond acceptors (Lipinski definition) is 5. The van der Waals surface area contributed by atoms with Gasteiger partial charge in [0.25, 0.3) is 0 Å². The normalized spacial score (nSPS) is 18.5. The lowest BCUT2D eigenvalue weighted by Gasteiger charge is -2.33. The third-order valence-corrected chi connectivity index (χ3v) is 6.23. The van der Waals surface area contributed by atoms with Gasteiger partial charge in [-0.3, -0.25) is 9.78 Å². The number of nitrogens with one attached hydrogen (secondary N) is 1. The molecular weight excluding hydrogens is 451 g/mol. The zero-order valence-electron chi connectivity index (χ0n) is 16.1. The summed E-state index contributed by atoms with van der Waals surface area (Å²) in [7, 11) is 1.66. The monoisotopic (exact) mass is 468 g/mol. The molecule has 9 heteroatoms. The van der Waals surface area contributed by atoms with Crippen molar-refractivity contribution >= 4 is 43.8 Å². The summed E-state index contributed by atoms with van der Waals surface area (Å²) in [5, 5.41) is 8.64. The molecule has 0 atom stereocenters. The highest BCUT2D eigenvalue weighted by atomic mass is 79.9. The van der Waals surface area contributed by atoms with Gasteiger partial charge in [-0.15, -0.1) is 0 Å². The van der Waals surface area contributed by atoms with Crippen LogP contribution in [0, 0.1) is 17.7 Å². The first kappa shape index (κ1) is 19.0. The van der Waals surface area contributed by atoms with Crippen molar-refractivity contribution in [1.29, 1.82) is 0 Å². The zero-order chi connectivity index (χ0) is 20.8. The van der Waals surface area contributed by atoms with Crippen LogP contribution in [0.5, 0.6) is 0 Å². The Labute approximate surface area is 179 Å². The van der Waals surface area contributed by atoms with E-state index in [1.165, 1.54) is 6.07 Å². The summed E-state index contributed by atoms with van der Waals surface area (Å²) < 4.78 is 16.8. The Hall–Kier alpha value is -2.94. The summed E-state index contributed by atoms with van der Waals surface area (Å²) in [6, 6.07) is 6.84. The van der Waals surface area contributed by atoms with Crippen molar-refractivity contribution in [2.24, 2.45) is 11.8 Å². The Morgan fingerprint density at radius 3 is 2.97 bits per heavy atom. The van der Waals surface area contributed by atoms with E-state index >= 15 is 0 Å². The molecule has 1 aromatic carbocycles. The van der Waals surface area contributed by atoms with Crippen LogP contribution in [0.2, 0.25) is 0 Å². The number of hydrogen-bond donors (Lipinski definition) is 1. The number of benzene rings is 1. The number of fused-ring (bicyclic) bond motifs is 2. The molecule has 1 fully saturated rings. The van der Waals surface area contributed by atoms with E-state index in [1.54, 1.807) is 30.2 Å². The van der Waals surface area contributed by atoms with Gasteiger partial charge in [-0.2, -0.15) is 5.10 Å². The zero-order valence-corrected chi connectivity index (χ0v) is 17.7. The van der Waals surface area contributed by atoms with Crippen LogP contribution < -0.4 is 5.32 Å². The van der Waals surface area contributed by atoms with Crippen molar-refractivity contribution < 1.29 is 9.18 Å². The van der Waals surface area contributed by atoms with Crippen molar-refractivity contribution in [3.05, 3.63) is 52.9 Å². The molecule has 7 nitrogen and oxygen atoms in total. The average Bonchev–Trinajstić information content (AvgIpc) is 3.06. The first-order valence-corrected chi connectivity index (χ1v) is 10.5. The van der Waals surface area contributed by atoms with E-state index in [-0.39, 0.29) is 11.8 Å². The number of aromatic nitrogens is 5. The Morgan fingerprint density at radius 2 is 2.17 bits per heavy atom. The van der Waals surface area contributed by atoms with Crippen LogP contribution >= 0.6 is 15.9 Å². The molecular formula is C21H18BrFN6O. The molecule has 1 saturated carbocycles. The van der Waals surface area contributed by atoms with Gasteiger partial charge in [-0.05, 0) is 46.8 Å². The molecule has 30 heavy (non-hydrogen) atoms. The third-order valence-electron chi connectivity index (χ3n) is 5.64. The maximum Gasteiger partial charge on any atom is 0.222 e. The maximum absolute atomic E-state index is 14.6. The fourth-order valence-corrected chi connectivity index (χ4v) is 4.45. The number of carbonyl (C=O) groups is 1. The highest BCUT2D eigenvalue weighted by Gasteiger charge is 2.34. The van der Waals surface area contributed by atoms with Gasteiger partial charge in [0.15, 0.2) is 11.5 Å². The van der Waals surface area contributed by atoms with Crippen molar-refractivity contribution in [3.63, 3.8) is 0 Å². The number of rotatable bonds is 4. The molecule has 4 aromatic rings. The molecule has 0 aliphatic heterocycles. The molecule has 3 aromatic heterocycles. The van der Waals surface area contributed by atoms with Gasteiger partial charge < -0.3 is 5.32 Å². The van der Waals surface area contributed by atoms with Crippen LogP contribution in [0.1, 0.15) is 18.7 Å². The molecule has 0 bridgehead atoms. The third kappa shape index (κ3) is 3.23. The van der Waals surface area contributed by atoms with E-state index in [1.807, 2.05) is 12.1 Å². The van der Waals surface area contributed by atoms with E-state index < -0.39 is 5.82 Å². The molecule has 1 aliphatic rings. The summed E-state index contributed by atoms with van der Waals surface area (Å²) in [6.07, 6.45) is 5.68. The Balaban J connectivity index is 1.49. The first-order valence-electron chi connectivity index (χ1n) is 9.70. The molecule has 0 unspecified atom stereocenters. The van der Waals surface area contributed by atoms with Crippen LogP contribution in [0.4, 0.5) is 4.39 Å². The molecule has 0 radical (unpaired) electrons. The lowest BCUT2D eigenvalue weighted by Crippen LogP contribution is -2.37. The molecule has 1 N–H and O–H groups in total. The minimum atomic E-state index is -0.410. The predicted molar refractivity (Wildman–Crippen MR) is 114 cm³/mol. The lowest BCUT2D eigenvalue weighted by molar-refractivity contribution is -0.128. The standard InChI is InChI=1S/C21H18BrFN6O/c1-24-21(30)13-5-11(6-13)7-17-26-10-15-19(22)28-29(20(15)27-17)14-8-12-3-2-4-25-18(12)16(23)9-14/h2-4,8-11,13H,5-7H2,1H3,(H,24,30). The molecule has 152 valence electrons. The van der Waals surface area contributed by atoms with Gasteiger partial charge in [-0.25, -0.2) is 19.0 Å². The second-order valence-electron chi connectivity index (χ2n) is 7.58. The Bertz CT molecular complexity index is 1280. The van der Waals surface area contributed by atoms with E-state index in [9.17, 15) is 9.18 Å². The Morgan fingerprint density at radius 1 is 1.33 bits per heavy atom. The molecule has 3 heterocycles. The van der Waals surface area contributed by atoms with Crippen LogP contribution in [0.15, 0.2) is 41.3 Å². The number of amides is 1. The van der Waals surface area contributed by atoms with E-state index in [0.717, 1.165) is 18.2 Å². The average molecular weight is 469 g/mol. The second-order valence-corrected chi connectivity index (χ2v) is 8.33. The summed E-state index contributed by atoms with van der Waals surface area (Å²) in [5.74, 6) is 0.843. The minimum Gasteiger partial charge on any atom is -0.359 e. The van der Waals surface area contributed by atoms with E-state index in [2.05, 4.69) is 36.3 Å². The van der Waals surface area contributed by atoms with Gasteiger partial charge in [0, 0.05) is 43.2 Å². The fraction of sp³-hybridized carbons (Fsp3) is 0.286. The number of nitrogens with zero attached hydrogens (tertiary/aromatic N) is 5. The summed E-state index contributed by atoms with van der Waals surface area (Å²) >= 11 is 3.45. The van der Waals surface area contributed by atoms with Gasteiger partial charge >= 0.3 is 0 Å². The van der Waals surface area contributed by atoms with Crippen LogP contribution in [0.25, 0.3) is 27.6 Å². The highest BCUT2D eigenvalue weighted by molar-refractivity contribution is 9.10. The quantitative estimate of drug-likeness (QED) is 0.494. The molecule has 1 aliphatic carbocycles. The molecule has 0 spiro atoms. The van der Waals surface area contributed by atoms with Crippen molar-refractivity contribution in [3.8, 4) is 5.69 Å². The molecule has 1 amide bonds. The number of carbonyl (C=O) groups excluding carboxylic acids is 1. The fourth-order valence-electron chi connectivity index (χ4n) is 4.02. The van der Waals surface area contributed by atoms with Crippen LogP contribution in [-0.4, -0.2) is 37.7 Å². The molecule has 0 saturated heterocycles. The van der Waals surface area contributed by atoms with Crippen molar-refractivity contribution in [2.75, 3.05) is 7.05 Å². The van der Waals surface area contributed by atoms with Crippen LogP contribution in [0.3, 0.4) is 0 Å². The number of halogens is 2. The van der Waals surface area contributed by atoms with E-state index in [4.69, 9.17) is 4.98 Å². The van der Waals surface area contributed by atoms with E-state index in [0.29, 0.717) is 45.0 Å². The second kappa shape index (κ2) is 7.39. The highest BCUT2D eigenvalue weighted by Crippen LogP contribution is 2.36. The smallest absolute Gasteiger partial charge is 0.222 e. The van der Waals surface area contributed by atoms with Crippen molar-refractivity contribution in [2.45, 2.75) is 19.3 Å². The lowest BCUT2D eigenvalue weighted by atomic mass is 9.72. The molecule has 5 rings (SSSR count). The minimum absolute atomic E-state index is 0.0811. The van der Waals surface area contributed by atoms with Gasteiger partial charge in [0.2, 0.25) is 5.91 Å². The summed E-state index contributed by atoms with van der Waals surface area (Å²) in [5.41, 5.74) is 1.50. The van der Waals surface area contributed by atoms with Crippen LogP contribution in [-0.2, 0) is 11.2 Å². The van der Waals surface area contributed by atoms with Crippen molar-refractivity contribution in [1.82, 2.24) is 30.0 Å². The SMILES string of the molecule is CNC(=O)C1CC(Cc2ncc3c(Br)nn(-c4cc(F)c5ncccc5c4)c3n2)C1. The Kier molecular flexibility index (Phi) is 4.69. The predicted octanol–water partition coefficient (Wildman–Crippen LogP) is 3.58. The van der Waals surface area contributed by atoms with Gasteiger partial charge in [0.1, 0.15) is 15.9 Å². The summed E-state index contributed by atoms with van der Waals surface area (Å²) in [4.78, 5) is 25.0. The van der Waals surface area contributed by atoms with Gasteiger partial charge in [-0.1, -0.05) is 6.07 Å². The first-order chi connectivity index (χ1) is 14.5. The maximum atomic E-state index is 14.6.